The highest BCUT2D eigenvalue weighted by molar-refractivity contribution is 6.29. The van der Waals surface area contributed by atoms with Crippen molar-refractivity contribution < 1.29 is 0 Å². The van der Waals surface area contributed by atoms with Gasteiger partial charge < -0.3 is 5.32 Å². The van der Waals surface area contributed by atoms with E-state index in [1.54, 1.807) is 16.8 Å². The fraction of sp³-hybridized carbons (Fsp3) is 0.462. The highest BCUT2D eigenvalue weighted by atomic mass is 35.5. The molecule has 19 heavy (non-hydrogen) atoms. The fourth-order valence-corrected chi connectivity index (χ4v) is 2.03. The lowest BCUT2D eigenvalue weighted by Gasteiger charge is -2.00. The van der Waals surface area contributed by atoms with Crippen LogP contribution in [-0.2, 0) is 6.42 Å². The molecule has 3 rings (SSSR count). The lowest BCUT2D eigenvalue weighted by molar-refractivity contribution is 0.645. The first-order chi connectivity index (χ1) is 9.31. The summed E-state index contributed by atoms with van der Waals surface area (Å²) in [5.41, 5.74) is 1.22. The minimum atomic E-state index is 0.391. The molecule has 1 aliphatic rings. The second-order valence-corrected chi connectivity index (χ2v) is 5.23. The number of aromatic nitrogens is 4. The van der Waals surface area contributed by atoms with Crippen molar-refractivity contribution in [3.63, 3.8) is 0 Å². The molecule has 5 nitrogen and oxygen atoms in total. The van der Waals surface area contributed by atoms with Crippen molar-refractivity contribution in [2.24, 2.45) is 0 Å². The Bertz CT molecular complexity index is 532. The van der Waals surface area contributed by atoms with Crippen molar-refractivity contribution in [1.29, 1.82) is 0 Å². The zero-order valence-corrected chi connectivity index (χ0v) is 11.3. The molecule has 0 radical (unpaired) electrons. The monoisotopic (exact) mass is 277 g/mol. The van der Waals surface area contributed by atoms with E-state index in [9.17, 15) is 0 Å². The Morgan fingerprint density at radius 2 is 2.21 bits per heavy atom. The minimum Gasteiger partial charge on any atom is -0.314 e. The normalized spacial score (nSPS) is 14.8. The van der Waals surface area contributed by atoms with E-state index >= 15 is 0 Å². The van der Waals surface area contributed by atoms with Gasteiger partial charge in [0.25, 0.3) is 0 Å². The molecule has 0 aliphatic heterocycles. The van der Waals surface area contributed by atoms with Gasteiger partial charge in [-0.1, -0.05) is 11.6 Å². The van der Waals surface area contributed by atoms with Gasteiger partial charge in [0, 0.05) is 12.2 Å². The maximum absolute atomic E-state index is 5.71. The van der Waals surface area contributed by atoms with E-state index in [1.807, 2.05) is 12.4 Å². The molecule has 0 saturated heterocycles. The van der Waals surface area contributed by atoms with Gasteiger partial charge in [-0.05, 0) is 49.9 Å². The van der Waals surface area contributed by atoms with Crippen molar-refractivity contribution in [1.82, 2.24) is 25.3 Å². The third-order valence-corrected chi connectivity index (χ3v) is 3.34. The largest absolute Gasteiger partial charge is 0.314 e. The van der Waals surface area contributed by atoms with Gasteiger partial charge in [-0.25, -0.2) is 4.68 Å². The molecule has 1 saturated carbocycles. The van der Waals surface area contributed by atoms with E-state index in [0.29, 0.717) is 11.0 Å². The first-order valence-electron chi connectivity index (χ1n) is 6.58. The lowest BCUT2D eigenvalue weighted by atomic mass is 10.2. The SMILES string of the molecule is Clc1ccc(-n2cc(CCCNC3CC3)cn2)nn1. The number of halogens is 1. The minimum absolute atomic E-state index is 0.391. The van der Waals surface area contributed by atoms with Crippen LogP contribution in [0.4, 0.5) is 0 Å². The summed E-state index contributed by atoms with van der Waals surface area (Å²) >= 11 is 5.71. The van der Waals surface area contributed by atoms with Crippen LogP contribution in [0.15, 0.2) is 24.5 Å². The maximum Gasteiger partial charge on any atom is 0.175 e. The van der Waals surface area contributed by atoms with E-state index in [1.165, 1.54) is 18.4 Å². The standard InChI is InChI=1S/C13H16ClN5/c14-12-5-6-13(18-17-12)19-9-10(8-16-19)2-1-7-15-11-3-4-11/h5-6,8-9,11,15H,1-4,7H2. The highest BCUT2D eigenvalue weighted by Crippen LogP contribution is 2.18. The predicted octanol–water partition coefficient (Wildman–Crippen LogP) is 2.00. The number of hydrogen-bond acceptors (Lipinski definition) is 4. The van der Waals surface area contributed by atoms with Gasteiger partial charge in [0.1, 0.15) is 0 Å². The zero-order chi connectivity index (χ0) is 13.1. The van der Waals surface area contributed by atoms with Gasteiger partial charge in [-0.2, -0.15) is 5.10 Å². The van der Waals surface area contributed by atoms with Gasteiger partial charge in [0.05, 0.1) is 6.20 Å². The molecule has 6 heteroatoms. The van der Waals surface area contributed by atoms with E-state index in [0.717, 1.165) is 25.4 Å². The van der Waals surface area contributed by atoms with E-state index in [2.05, 4.69) is 20.6 Å². The summed E-state index contributed by atoms with van der Waals surface area (Å²) < 4.78 is 1.73. The second-order valence-electron chi connectivity index (χ2n) is 4.84. The number of nitrogens with one attached hydrogen (secondary N) is 1. The van der Waals surface area contributed by atoms with Gasteiger partial charge in [-0.3, -0.25) is 0 Å². The van der Waals surface area contributed by atoms with Crippen LogP contribution >= 0.6 is 11.6 Å². The van der Waals surface area contributed by atoms with Crippen LogP contribution in [0.5, 0.6) is 0 Å². The van der Waals surface area contributed by atoms with Crippen molar-refractivity contribution in [3.8, 4) is 5.82 Å². The van der Waals surface area contributed by atoms with Gasteiger partial charge in [0.2, 0.25) is 0 Å². The molecule has 2 aromatic rings. The van der Waals surface area contributed by atoms with Crippen molar-refractivity contribution in [3.05, 3.63) is 35.2 Å². The molecule has 1 fully saturated rings. The van der Waals surface area contributed by atoms with Crippen LogP contribution in [0.25, 0.3) is 5.82 Å². The third-order valence-electron chi connectivity index (χ3n) is 3.14. The zero-order valence-electron chi connectivity index (χ0n) is 10.6. The average molecular weight is 278 g/mol. The number of rotatable bonds is 6. The van der Waals surface area contributed by atoms with Gasteiger partial charge in [0.15, 0.2) is 11.0 Å². The summed E-state index contributed by atoms with van der Waals surface area (Å²) in [6, 6.07) is 4.30. The van der Waals surface area contributed by atoms with Gasteiger partial charge >= 0.3 is 0 Å². The molecule has 1 N–H and O–H groups in total. The fourth-order valence-electron chi connectivity index (χ4n) is 1.93. The Morgan fingerprint density at radius 3 is 2.95 bits per heavy atom. The van der Waals surface area contributed by atoms with Crippen LogP contribution in [0.3, 0.4) is 0 Å². The van der Waals surface area contributed by atoms with Crippen molar-refractivity contribution in [2.45, 2.75) is 31.7 Å². The Hall–Kier alpha value is -1.46. The Balaban J connectivity index is 1.54. The maximum atomic E-state index is 5.71. The molecule has 0 atom stereocenters. The van der Waals surface area contributed by atoms with Crippen LogP contribution in [0.2, 0.25) is 5.15 Å². The molecule has 100 valence electrons. The summed E-state index contributed by atoms with van der Waals surface area (Å²) in [5, 5.41) is 16.0. The Labute approximate surface area is 117 Å². The number of aryl methyl sites for hydroxylation is 1. The van der Waals surface area contributed by atoms with E-state index < -0.39 is 0 Å². The first kappa shape index (κ1) is 12.6. The molecule has 0 aromatic carbocycles. The van der Waals surface area contributed by atoms with Crippen LogP contribution in [-0.4, -0.2) is 32.6 Å². The average Bonchev–Trinajstić information content (AvgIpc) is 3.13. The number of nitrogens with zero attached hydrogens (tertiary/aromatic N) is 4. The third kappa shape index (κ3) is 3.52. The quantitative estimate of drug-likeness (QED) is 0.821. The smallest absolute Gasteiger partial charge is 0.175 e. The molecular weight excluding hydrogens is 262 g/mol. The summed E-state index contributed by atoms with van der Waals surface area (Å²) in [6.07, 6.45) is 8.72. The van der Waals surface area contributed by atoms with E-state index in [4.69, 9.17) is 11.6 Å². The van der Waals surface area contributed by atoms with Crippen LogP contribution in [0, 0.1) is 0 Å². The Morgan fingerprint density at radius 1 is 1.32 bits per heavy atom. The molecular formula is C13H16ClN5. The van der Waals surface area contributed by atoms with Crippen molar-refractivity contribution >= 4 is 11.6 Å². The topological polar surface area (TPSA) is 55.6 Å². The van der Waals surface area contributed by atoms with Crippen LogP contribution in [0.1, 0.15) is 24.8 Å². The molecule has 0 amide bonds. The highest BCUT2D eigenvalue weighted by Gasteiger charge is 2.19. The summed E-state index contributed by atoms with van der Waals surface area (Å²) in [4.78, 5) is 0. The Kier molecular flexibility index (Phi) is 3.75. The van der Waals surface area contributed by atoms with Crippen LogP contribution < -0.4 is 5.32 Å². The first-order valence-corrected chi connectivity index (χ1v) is 6.95. The van der Waals surface area contributed by atoms with Gasteiger partial charge in [-0.15, -0.1) is 10.2 Å². The molecule has 2 aromatic heterocycles. The van der Waals surface area contributed by atoms with E-state index in [-0.39, 0.29) is 0 Å². The number of hydrogen-bond donors (Lipinski definition) is 1. The van der Waals surface area contributed by atoms with Crippen molar-refractivity contribution in [2.75, 3.05) is 6.54 Å². The predicted molar refractivity (Wildman–Crippen MR) is 73.5 cm³/mol. The summed E-state index contributed by atoms with van der Waals surface area (Å²) in [7, 11) is 0. The molecule has 0 spiro atoms. The molecule has 0 bridgehead atoms. The molecule has 0 unspecified atom stereocenters. The molecule has 2 heterocycles. The molecule has 1 aliphatic carbocycles. The second kappa shape index (κ2) is 5.67. The lowest BCUT2D eigenvalue weighted by Crippen LogP contribution is -2.17. The summed E-state index contributed by atoms with van der Waals surface area (Å²) in [5.74, 6) is 0.687. The summed E-state index contributed by atoms with van der Waals surface area (Å²) in [6.45, 7) is 1.08.